The van der Waals surface area contributed by atoms with E-state index in [0.29, 0.717) is 42.6 Å². The van der Waals surface area contributed by atoms with Gasteiger partial charge in [0.05, 0.1) is 36.1 Å². The van der Waals surface area contributed by atoms with E-state index < -0.39 is 117 Å². The van der Waals surface area contributed by atoms with Gasteiger partial charge in [-0.25, -0.2) is 14.6 Å². The highest BCUT2D eigenvalue weighted by atomic mass is 16.7. The molecule has 5 heterocycles. The molecule has 4 aromatic carbocycles. The number of carbonyl (C=O) groups is 9. The normalized spacial score (nSPS) is 22.7. The van der Waals surface area contributed by atoms with Crippen molar-refractivity contribution < 1.29 is 86.6 Å². The molecule has 29 nitrogen and oxygen atoms in total. The van der Waals surface area contributed by atoms with E-state index in [1.807, 2.05) is 19.9 Å². The van der Waals surface area contributed by atoms with E-state index in [1.165, 1.54) is 51.1 Å². The number of rotatable bonds is 21. The van der Waals surface area contributed by atoms with Crippen LogP contribution in [0.2, 0.25) is 0 Å². The van der Waals surface area contributed by atoms with Gasteiger partial charge in [0.2, 0.25) is 28.6 Å². The first-order chi connectivity index (χ1) is 48.8. The van der Waals surface area contributed by atoms with E-state index in [1.54, 1.807) is 69.0 Å². The van der Waals surface area contributed by atoms with Gasteiger partial charge >= 0.3 is 23.9 Å². The number of phenols is 1. The number of aliphatic hydroxyl groups excluding tert-OH is 2. The Hall–Kier alpha value is -10.8. The van der Waals surface area contributed by atoms with Crippen LogP contribution in [0.5, 0.6) is 11.5 Å². The van der Waals surface area contributed by atoms with Crippen molar-refractivity contribution in [1.82, 2.24) is 25.8 Å². The van der Waals surface area contributed by atoms with Crippen molar-refractivity contribution in [3.63, 3.8) is 0 Å². The SMILES string of the molecule is CC(=O)O[C@@H]1[C@H](C)[C@@H](O)/C=C/O[C@@]2(C)Oc3c(C)c(O)c4c(=O)c(c5oc6cc(N7CC(OC(=O)OCc8ccc(NC(=O)[C@H](CCCNC(N)=O)NC(=O)[C@@H](NC(=O)CCCCCN9C(=O)C=CC9=O)C(C)C)cc8)C7)cc(=O)c6nc5c4c3=C2O)NC(=O)/C(C)=C\C=C\[C@H](C)C[C@@H](C)C[C@H]1C. The molecule has 1 aromatic heterocycles. The molecular weight excluding hydrogens is 1330 g/mol. The fourth-order valence-electron chi connectivity index (χ4n) is 13.1. The third-order valence-corrected chi connectivity index (χ3v) is 18.7. The molecule has 29 heteroatoms. The number of esters is 1. The van der Waals surface area contributed by atoms with Crippen LogP contribution in [0, 0.1) is 36.5 Å². The molecule has 0 radical (unpaired) electrons. The lowest BCUT2D eigenvalue weighted by Crippen LogP contribution is -2.54. The number of benzene rings is 4. The molecule has 5 aromatic rings. The van der Waals surface area contributed by atoms with Crippen LogP contribution in [0.1, 0.15) is 125 Å². The number of carbonyl (C=O) groups excluding carboxylic acids is 9. The number of imide groups is 1. The first-order valence-corrected chi connectivity index (χ1v) is 34.4. The lowest BCUT2D eigenvalue weighted by molar-refractivity contribution is -0.154. The number of fused-ring (bicyclic) bond motifs is 2. The van der Waals surface area contributed by atoms with Crippen LogP contribution in [0.4, 0.5) is 26.7 Å². The maximum atomic E-state index is 15.0. The number of allylic oxidation sites excluding steroid dienone is 3. The zero-order chi connectivity index (χ0) is 74.9. The topological polar surface area (TPSA) is 413 Å². The molecular formula is C74H89N9O20. The van der Waals surface area contributed by atoms with E-state index in [-0.39, 0.29) is 137 Å². The van der Waals surface area contributed by atoms with Crippen molar-refractivity contribution in [3.8, 4) is 11.5 Å². The number of anilines is 3. The van der Waals surface area contributed by atoms with E-state index in [4.69, 9.17) is 38.8 Å². The highest BCUT2D eigenvalue weighted by Crippen LogP contribution is 2.43. The van der Waals surface area contributed by atoms with E-state index in [9.17, 15) is 63.3 Å². The summed E-state index contributed by atoms with van der Waals surface area (Å²) >= 11 is 0. The van der Waals surface area contributed by atoms with Gasteiger partial charge in [0, 0.05) is 91.5 Å². The number of aromatic hydroxyl groups is 1. The summed E-state index contributed by atoms with van der Waals surface area (Å²) in [4.78, 5) is 152. The fourth-order valence-corrected chi connectivity index (χ4v) is 13.1. The third kappa shape index (κ3) is 18.1. The summed E-state index contributed by atoms with van der Waals surface area (Å²) in [6.07, 6.45) is 9.68. The minimum atomic E-state index is -2.06. The van der Waals surface area contributed by atoms with Crippen molar-refractivity contribution in [2.75, 3.05) is 41.7 Å². The first-order valence-electron chi connectivity index (χ1n) is 34.4. The lowest BCUT2D eigenvalue weighted by atomic mass is 9.82. The Balaban J connectivity index is 0.883. The molecule has 550 valence electrons. The minimum absolute atomic E-state index is 0.00547. The molecule has 0 spiro atoms. The number of hydrogen-bond donors (Lipinski definition) is 9. The number of urea groups is 1. The summed E-state index contributed by atoms with van der Waals surface area (Å²) < 4.78 is 35.6. The number of nitrogens with two attached hydrogens (primary N) is 1. The summed E-state index contributed by atoms with van der Waals surface area (Å²) in [5.74, 6) is -8.04. The minimum Gasteiger partial charge on any atom is -0.507 e. The number of phenolic OH excluding ortho intramolecular Hbond substituents is 1. The van der Waals surface area contributed by atoms with Gasteiger partial charge in [0.25, 0.3) is 17.7 Å². The molecule has 1 fully saturated rings. The maximum Gasteiger partial charge on any atom is 0.509 e. The van der Waals surface area contributed by atoms with Crippen LogP contribution < -0.4 is 58.0 Å². The van der Waals surface area contributed by atoms with Gasteiger partial charge in [-0.2, -0.15) is 0 Å². The Bertz CT molecular complexity index is 4450. The highest BCUT2D eigenvalue weighted by molar-refractivity contribution is 6.17. The second kappa shape index (κ2) is 32.9. The molecule has 8 amide bonds. The molecule has 1 saturated heterocycles. The van der Waals surface area contributed by atoms with Crippen molar-refractivity contribution in [2.45, 2.75) is 163 Å². The quantitative estimate of drug-likeness (QED) is 0.0117. The Kier molecular flexibility index (Phi) is 24.4. The number of nitrogens with one attached hydrogen (secondary N) is 5. The summed E-state index contributed by atoms with van der Waals surface area (Å²) in [6.45, 7) is 17.2. The molecule has 0 saturated carbocycles. The summed E-state index contributed by atoms with van der Waals surface area (Å²) in [6, 6.07) is 6.14. The zero-order valence-electron chi connectivity index (χ0n) is 59.2. The number of unbranched alkanes of at least 4 members (excludes halogenated alkanes) is 2. The van der Waals surface area contributed by atoms with Gasteiger partial charge in [-0.1, -0.05) is 78.3 Å². The number of nitrogens with zero attached hydrogens (tertiary/aromatic N) is 3. The van der Waals surface area contributed by atoms with Gasteiger partial charge in [0.15, 0.2) is 22.4 Å². The van der Waals surface area contributed by atoms with Crippen LogP contribution in [-0.2, 0) is 59.1 Å². The number of amides is 8. The van der Waals surface area contributed by atoms with Gasteiger partial charge in [-0.15, -0.1) is 0 Å². The van der Waals surface area contributed by atoms with Crippen LogP contribution in [-0.4, -0.2) is 141 Å². The van der Waals surface area contributed by atoms with Gasteiger partial charge in [-0.3, -0.25) is 48.1 Å². The number of primary amides is 1. The van der Waals surface area contributed by atoms with Crippen molar-refractivity contribution >= 4 is 109 Å². The Labute approximate surface area is 592 Å². The van der Waals surface area contributed by atoms with Crippen LogP contribution >= 0.6 is 0 Å². The predicted molar refractivity (Wildman–Crippen MR) is 380 cm³/mol. The molecule has 4 aliphatic heterocycles. The lowest BCUT2D eigenvalue weighted by Gasteiger charge is -2.39. The van der Waals surface area contributed by atoms with E-state index >= 15 is 4.79 Å². The Morgan fingerprint density at radius 1 is 0.864 bits per heavy atom. The highest BCUT2D eigenvalue weighted by Gasteiger charge is 2.44. The zero-order valence-corrected chi connectivity index (χ0v) is 59.2. The summed E-state index contributed by atoms with van der Waals surface area (Å²) in [7, 11) is 0. The van der Waals surface area contributed by atoms with Crippen molar-refractivity contribution in [2.24, 2.45) is 35.3 Å². The average Bonchev–Trinajstić information content (AvgIpc) is 1.65. The molecule has 9 atom stereocenters. The first kappa shape index (κ1) is 76.3. The maximum absolute atomic E-state index is 15.0. The third-order valence-electron chi connectivity index (χ3n) is 18.7. The summed E-state index contributed by atoms with van der Waals surface area (Å²) in [5, 5.41) is 48.3. The van der Waals surface area contributed by atoms with Gasteiger partial charge < -0.3 is 80.6 Å². The number of aliphatic hydroxyl groups is 2. The number of ether oxygens (including phenoxy) is 5. The number of hydrogen-bond acceptors (Lipinski definition) is 22. The molecule has 10 N–H and O–H groups in total. The van der Waals surface area contributed by atoms with E-state index in [0.717, 1.165) is 17.6 Å². The van der Waals surface area contributed by atoms with Crippen molar-refractivity contribution in [3.05, 3.63) is 121 Å². The monoisotopic (exact) mass is 1420 g/mol. The largest absolute Gasteiger partial charge is 0.509 e. The number of aromatic nitrogens is 1. The Morgan fingerprint density at radius 3 is 2.25 bits per heavy atom. The van der Waals surface area contributed by atoms with Gasteiger partial charge in [0.1, 0.15) is 53.6 Å². The second-order valence-corrected chi connectivity index (χ2v) is 27.4. The van der Waals surface area contributed by atoms with Crippen LogP contribution in [0.3, 0.4) is 0 Å². The second-order valence-electron chi connectivity index (χ2n) is 27.4. The fraction of sp³-hybridized carbons (Fsp3) is 0.459. The summed E-state index contributed by atoms with van der Waals surface area (Å²) in [5.41, 5.74) is 3.55. The van der Waals surface area contributed by atoms with E-state index in [2.05, 4.69) is 33.5 Å². The standard InChI is InChI=1S/C74H89N9O20/c1-37(2)59(79-53(87)19-12-11-13-28-83-54(88)24-25-55(83)89)71(95)78-49(18-15-27-76-72(75)96)70(94)77-46-22-20-45(21-23-46)36-98-73(97)101-48-34-82(35-48)47-32-51(86)60-52(33-47)102-67-61(80-60)56-57-63(90)43(8)66-58(56)68(92)74(10,103-66)99-29-26-50(85)42(7)65(100-44(9)84)41(6)31-39(4)30-38(3)16-14-17-40(5)69(93)81-62(67)64(57)91/h14,16-17,20-26,29,32-33,37-39,41-42,48-50,59,65,85,90,92H,11-13,15,18-19,27-28,30-31,34-36H2,1-10H3,(H,77,94)(H,78,95)(H,79,87)(H,81,93)(H3,75,76,96)/b16-14+,29-26+,40-17-/t38-,39+,41+,42+,49-,50-,59-,65-,74-/m0/s1. The smallest absolute Gasteiger partial charge is 0.507 e. The molecule has 9 rings (SSSR count). The predicted octanol–water partition coefficient (Wildman–Crippen LogP) is 7.00. The van der Waals surface area contributed by atoms with Crippen LogP contribution in [0.15, 0.2) is 98.7 Å². The molecule has 4 bridgehead atoms. The van der Waals surface area contributed by atoms with Crippen molar-refractivity contribution in [1.29, 1.82) is 0 Å². The molecule has 4 aliphatic rings. The molecule has 0 unspecified atom stereocenters. The van der Waals surface area contributed by atoms with Crippen LogP contribution in [0.25, 0.3) is 38.7 Å². The molecule has 0 aliphatic carbocycles. The van der Waals surface area contributed by atoms with Gasteiger partial charge in [-0.05, 0) is 99.8 Å². The average molecular weight is 1420 g/mol. The Morgan fingerprint density at radius 2 is 1.57 bits per heavy atom. The molecule has 103 heavy (non-hydrogen) atoms.